The van der Waals surface area contributed by atoms with Crippen LogP contribution >= 0.6 is 0 Å². The molecule has 88 valence electrons. The summed E-state index contributed by atoms with van der Waals surface area (Å²) in [5.41, 5.74) is 1.03. The third kappa shape index (κ3) is 3.93. The highest BCUT2D eigenvalue weighted by Crippen LogP contribution is 2.20. The van der Waals surface area contributed by atoms with Gasteiger partial charge in [-0.05, 0) is 25.8 Å². The van der Waals surface area contributed by atoms with Crippen LogP contribution in [0.4, 0.5) is 4.79 Å². The average Bonchev–Trinajstić information content (AvgIpc) is 2.26. The number of amides is 1. The van der Waals surface area contributed by atoms with E-state index >= 15 is 0 Å². The van der Waals surface area contributed by atoms with Gasteiger partial charge < -0.3 is 10.1 Å². The molecule has 1 unspecified atom stereocenters. The molecular formula is C13H19NO2. The lowest BCUT2D eigenvalue weighted by molar-refractivity contribution is 0.0933. The molecule has 1 aromatic carbocycles. The lowest BCUT2D eigenvalue weighted by Crippen LogP contribution is -2.31. The summed E-state index contributed by atoms with van der Waals surface area (Å²) in [5, 5.41) is 2.72. The van der Waals surface area contributed by atoms with Crippen LogP contribution in [0.5, 0.6) is 0 Å². The summed E-state index contributed by atoms with van der Waals surface area (Å²) in [6, 6.07) is 9.88. The second kappa shape index (κ2) is 6.16. The van der Waals surface area contributed by atoms with Gasteiger partial charge in [0.05, 0.1) is 0 Å². The number of benzene rings is 1. The van der Waals surface area contributed by atoms with Crippen LogP contribution in [0, 0.1) is 0 Å². The van der Waals surface area contributed by atoms with Crippen molar-refractivity contribution in [3.05, 3.63) is 35.9 Å². The first-order valence-electron chi connectivity index (χ1n) is 5.65. The van der Waals surface area contributed by atoms with E-state index in [4.69, 9.17) is 4.74 Å². The van der Waals surface area contributed by atoms with Crippen molar-refractivity contribution in [2.45, 2.75) is 39.3 Å². The molecule has 3 nitrogen and oxygen atoms in total. The molecule has 1 rings (SSSR count). The molecule has 0 aliphatic carbocycles. The summed E-state index contributed by atoms with van der Waals surface area (Å²) in [5.74, 6) is 0. The van der Waals surface area contributed by atoms with Gasteiger partial charge in [-0.25, -0.2) is 4.79 Å². The highest BCUT2D eigenvalue weighted by Gasteiger charge is 2.14. The normalized spacial score (nSPS) is 12.2. The summed E-state index contributed by atoms with van der Waals surface area (Å²) >= 11 is 0. The Morgan fingerprint density at radius 1 is 1.31 bits per heavy atom. The maximum absolute atomic E-state index is 11.5. The molecule has 0 aromatic heterocycles. The molecule has 0 aliphatic rings. The predicted molar refractivity (Wildman–Crippen MR) is 64.2 cm³/mol. The number of alkyl carbamates (subject to hydrolysis) is 1. The van der Waals surface area contributed by atoms with Crippen molar-refractivity contribution in [3.63, 3.8) is 0 Å². The van der Waals surface area contributed by atoms with Crippen LogP contribution < -0.4 is 5.32 Å². The number of hydrogen-bond acceptors (Lipinski definition) is 2. The summed E-state index contributed by atoms with van der Waals surface area (Å²) < 4.78 is 5.35. The fraction of sp³-hybridized carbons (Fsp3) is 0.462. The first-order valence-corrected chi connectivity index (χ1v) is 5.65. The summed E-state index contributed by atoms with van der Waals surface area (Å²) in [6.45, 7) is 5.82. The number of carbonyl (C=O) groups excluding carboxylic acids is 1. The van der Waals surface area contributed by atoms with Gasteiger partial charge in [-0.1, -0.05) is 37.3 Å². The summed E-state index contributed by atoms with van der Waals surface area (Å²) in [7, 11) is 0. The molecule has 0 bridgehead atoms. The van der Waals surface area contributed by atoms with Crippen molar-refractivity contribution in [1.82, 2.24) is 5.32 Å². The standard InChI is InChI=1S/C13H19NO2/c1-4-12(11-8-6-5-7-9-11)16-13(15)14-10(2)3/h5-10,12H,4H2,1-3H3,(H,14,15). The Kier molecular flexibility index (Phi) is 4.83. The zero-order valence-corrected chi connectivity index (χ0v) is 10.1. The van der Waals surface area contributed by atoms with E-state index in [-0.39, 0.29) is 18.2 Å². The quantitative estimate of drug-likeness (QED) is 0.847. The monoisotopic (exact) mass is 221 g/mol. The van der Waals surface area contributed by atoms with Crippen molar-refractivity contribution in [2.75, 3.05) is 0 Å². The highest BCUT2D eigenvalue weighted by atomic mass is 16.6. The molecule has 0 spiro atoms. The topological polar surface area (TPSA) is 38.3 Å². The third-order valence-corrected chi connectivity index (χ3v) is 2.20. The van der Waals surface area contributed by atoms with Gasteiger partial charge >= 0.3 is 6.09 Å². The second-order valence-electron chi connectivity index (χ2n) is 4.01. The van der Waals surface area contributed by atoms with E-state index in [0.29, 0.717) is 0 Å². The van der Waals surface area contributed by atoms with E-state index in [1.807, 2.05) is 51.1 Å². The highest BCUT2D eigenvalue weighted by molar-refractivity contribution is 5.67. The number of rotatable bonds is 4. The van der Waals surface area contributed by atoms with Crippen molar-refractivity contribution < 1.29 is 9.53 Å². The lowest BCUT2D eigenvalue weighted by Gasteiger charge is -2.18. The van der Waals surface area contributed by atoms with Crippen LogP contribution in [0.3, 0.4) is 0 Å². The molecule has 0 fully saturated rings. The number of carbonyl (C=O) groups is 1. The molecule has 1 amide bonds. The Morgan fingerprint density at radius 3 is 2.44 bits per heavy atom. The molecule has 0 radical (unpaired) electrons. The SMILES string of the molecule is CCC(OC(=O)NC(C)C)c1ccccc1. The molecular weight excluding hydrogens is 202 g/mol. The third-order valence-electron chi connectivity index (χ3n) is 2.20. The summed E-state index contributed by atoms with van der Waals surface area (Å²) in [4.78, 5) is 11.5. The molecule has 0 saturated heterocycles. The van der Waals surface area contributed by atoms with Crippen LogP contribution in [0.25, 0.3) is 0 Å². The number of ether oxygens (including phenoxy) is 1. The van der Waals surface area contributed by atoms with Gasteiger partial charge in [0.25, 0.3) is 0 Å². The lowest BCUT2D eigenvalue weighted by atomic mass is 10.1. The first kappa shape index (κ1) is 12.6. The number of nitrogens with one attached hydrogen (secondary N) is 1. The minimum atomic E-state index is -0.356. The Balaban J connectivity index is 2.59. The molecule has 1 aromatic rings. The zero-order valence-electron chi connectivity index (χ0n) is 10.1. The maximum Gasteiger partial charge on any atom is 0.407 e. The van der Waals surface area contributed by atoms with Gasteiger partial charge in [0.1, 0.15) is 6.10 Å². The van der Waals surface area contributed by atoms with Crippen molar-refractivity contribution in [3.8, 4) is 0 Å². The van der Waals surface area contributed by atoms with Crippen LogP contribution in [0.15, 0.2) is 30.3 Å². The Labute approximate surface area is 96.8 Å². The van der Waals surface area contributed by atoms with Crippen LogP contribution in [-0.4, -0.2) is 12.1 Å². The number of hydrogen-bond donors (Lipinski definition) is 1. The fourth-order valence-electron chi connectivity index (χ4n) is 1.45. The second-order valence-corrected chi connectivity index (χ2v) is 4.01. The molecule has 0 heterocycles. The van der Waals surface area contributed by atoms with Crippen LogP contribution in [0.1, 0.15) is 38.9 Å². The van der Waals surface area contributed by atoms with Crippen molar-refractivity contribution in [2.24, 2.45) is 0 Å². The molecule has 3 heteroatoms. The van der Waals surface area contributed by atoms with Gasteiger partial charge in [-0.2, -0.15) is 0 Å². The fourth-order valence-corrected chi connectivity index (χ4v) is 1.45. The van der Waals surface area contributed by atoms with E-state index in [9.17, 15) is 4.79 Å². The smallest absolute Gasteiger partial charge is 0.407 e. The molecule has 0 aliphatic heterocycles. The molecule has 0 saturated carbocycles. The van der Waals surface area contributed by atoms with E-state index in [2.05, 4.69) is 5.32 Å². The molecule has 1 atom stereocenters. The Hall–Kier alpha value is -1.51. The van der Waals surface area contributed by atoms with E-state index < -0.39 is 0 Å². The molecule has 16 heavy (non-hydrogen) atoms. The van der Waals surface area contributed by atoms with Gasteiger partial charge in [0.15, 0.2) is 0 Å². The van der Waals surface area contributed by atoms with E-state index in [0.717, 1.165) is 12.0 Å². The Morgan fingerprint density at radius 2 is 1.94 bits per heavy atom. The van der Waals surface area contributed by atoms with Gasteiger partial charge in [-0.15, -0.1) is 0 Å². The van der Waals surface area contributed by atoms with Gasteiger partial charge in [0.2, 0.25) is 0 Å². The first-order chi connectivity index (χ1) is 7.63. The molecule has 1 N–H and O–H groups in total. The van der Waals surface area contributed by atoms with E-state index in [1.54, 1.807) is 0 Å². The van der Waals surface area contributed by atoms with Crippen molar-refractivity contribution >= 4 is 6.09 Å². The van der Waals surface area contributed by atoms with Gasteiger partial charge in [0, 0.05) is 6.04 Å². The van der Waals surface area contributed by atoms with E-state index in [1.165, 1.54) is 0 Å². The largest absolute Gasteiger partial charge is 0.441 e. The average molecular weight is 221 g/mol. The zero-order chi connectivity index (χ0) is 12.0. The Bertz CT molecular complexity index is 322. The minimum Gasteiger partial charge on any atom is -0.441 e. The maximum atomic E-state index is 11.5. The van der Waals surface area contributed by atoms with Crippen molar-refractivity contribution in [1.29, 1.82) is 0 Å². The van der Waals surface area contributed by atoms with Crippen LogP contribution in [0.2, 0.25) is 0 Å². The minimum absolute atomic E-state index is 0.0979. The summed E-state index contributed by atoms with van der Waals surface area (Å²) in [6.07, 6.45) is 0.251. The predicted octanol–water partition coefficient (Wildman–Crippen LogP) is 3.27. The van der Waals surface area contributed by atoms with Gasteiger partial charge in [-0.3, -0.25) is 0 Å². The van der Waals surface area contributed by atoms with Crippen LogP contribution in [-0.2, 0) is 4.74 Å².